The van der Waals surface area contributed by atoms with Crippen molar-refractivity contribution in [1.82, 2.24) is 30.8 Å². The SMILES string of the molecule is COC1=CNC(C)(NC(=O)c2nnc(Cc3ccccc3)[nH]2)C=C1c1ccncc1. The zero-order chi connectivity index (χ0) is 21.0. The summed E-state index contributed by atoms with van der Waals surface area (Å²) in [6, 6.07) is 13.7. The van der Waals surface area contributed by atoms with Crippen molar-refractivity contribution in [1.29, 1.82) is 0 Å². The van der Waals surface area contributed by atoms with Crippen LogP contribution in [-0.2, 0) is 11.2 Å². The van der Waals surface area contributed by atoms with Gasteiger partial charge in [0.2, 0.25) is 5.82 Å². The Morgan fingerprint density at radius 3 is 2.63 bits per heavy atom. The number of benzene rings is 1. The first-order valence-corrected chi connectivity index (χ1v) is 9.50. The van der Waals surface area contributed by atoms with Gasteiger partial charge in [0.1, 0.15) is 17.2 Å². The lowest BCUT2D eigenvalue weighted by molar-refractivity contribution is 0.0904. The summed E-state index contributed by atoms with van der Waals surface area (Å²) in [6.07, 6.45) is 7.63. The lowest BCUT2D eigenvalue weighted by Gasteiger charge is -2.33. The number of dihydropyridines is 1. The Hall–Kier alpha value is -3.94. The van der Waals surface area contributed by atoms with Gasteiger partial charge in [0.05, 0.1) is 7.11 Å². The number of hydrogen-bond donors (Lipinski definition) is 3. The molecule has 0 saturated heterocycles. The first-order chi connectivity index (χ1) is 14.6. The quantitative estimate of drug-likeness (QED) is 0.585. The molecule has 3 heterocycles. The van der Waals surface area contributed by atoms with Crippen LogP contribution >= 0.6 is 0 Å². The van der Waals surface area contributed by atoms with E-state index in [2.05, 4.69) is 30.8 Å². The van der Waals surface area contributed by atoms with Crippen LogP contribution in [0.5, 0.6) is 0 Å². The normalized spacial score (nSPS) is 18.1. The number of aromatic amines is 1. The molecule has 30 heavy (non-hydrogen) atoms. The van der Waals surface area contributed by atoms with Gasteiger partial charge in [-0.3, -0.25) is 9.78 Å². The monoisotopic (exact) mass is 402 g/mol. The predicted octanol–water partition coefficient (Wildman–Crippen LogP) is 2.41. The van der Waals surface area contributed by atoms with E-state index in [4.69, 9.17) is 4.74 Å². The molecule has 1 amide bonds. The van der Waals surface area contributed by atoms with Crippen molar-refractivity contribution in [2.75, 3.05) is 7.11 Å². The van der Waals surface area contributed by atoms with Crippen molar-refractivity contribution in [3.05, 3.63) is 95.7 Å². The fraction of sp³-hybridized carbons (Fsp3) is 0.182. The zero-order valence-corrected chi connectivity index (χ0v) is 16.7. The van der Waals surface area contributed by atoms with E-state index < -0.39 is 5.66 Å². The van der Waals surface area contributed by atoms with E-state index in [-0.39, 0.29) is 11.7 Å². The van der Waals surface area contributed by atoms with Crippen LogP contribution < -0.4 is 10.6 Å². The number of ether oxygens (including phenoxy) is 1. The molecule has 3 N–H and O–H groups in total. The van der Waals surface area contributed by atoms with Gasteiger partial charge in [0, 0.05) is 30.6 Å². The van der Waals surface area contributed by atoms with Crippen LogP contribution in [0.25, 0.3) is 5.57 Å². The van der Waals surface area contributed by atoms with Crippen LogP contribution in [0.15, 0.2) is 72.9 Å². The number of carbonyl (C=O) groups excluding carboxylic acids is 1. The first kappa shape index (κ1) is 19.4. The molecule has 1 atom stereocenters. The molecule has 1 aliphatic rings. The third-order valence-corrected chi connectivity index (χ3v) is 4.75. The number of allylic oxidation sites excluding steroid dienone is 1. The highest BCUT2D eigenvalue weighted by atomic mass is 16.5. The largest absolute Gasteiger partial charge is 0.495 e. The van der Waals surface area contributed by atoms with Crippen molar-refractivity contribution in [2.24, 2.45) is 0 Å². The van der Waals surface area contributed by atoms with Gasteiger partial charge in [-0.25, -0.2) is 0 Å². The summed E-state index contributed by atoms with van der Waals surface area (Å²) in [4.78, 5) is 19.9. The number of rotatable bonds is 6. The minimum Gasteiger partial charge on any atom is -0.495 e. The molecule has 0 radical (unpaired) electrons. The standard InChI is InChI=1S/C22H22N6O2/c1-22(13-17(18(30-2)14-24-22)16-8-10-23-11-9-16)26-21(29)20-25-19(27-28-20)12-15-6-4-3-5-7-15/h3-11,13-14,24H,12H2,1-2H3,(H,26,29)(H,25,27,28). The Labute approximate surface area is 174 Å². The molecule has 0 saturated carbocycles. The number of carbonyl (C=O) groups is 1. The number of amides is 1. The Morgan fingerprint density at radius 2 is 1.90 bits per heavy atom. The average molecular weight is 402 g/mol. The zero-order valence-electron chi connectivity index (χ0n) is 16.7. The van der Waals surface area contributed by atoms with Crippen LogP contribution in [0.2, 0.25) is 0 Å². The van der Waals surface area contributed by atoms with Crippen LogP contribution in [0, 0.1) is 0 Å². The van der Waals surface area contributed by atoms with Crippen LogP contribution in [-0.4, -0.2) is 38.8 Å². The molecule has 0 fully saturated rings. The number of pyridine rings is 1. The summed E-state index contributed by atoms with van der Waals surface area (Å²) in [5, 5.41) is 14.2. The average Bonchev–Trinajstić information content (AvgIpc) is 3.23. The van der Waals surface area contributed by atoms with E-state index in [1.54, 1.807) is 25.7 Å². The molecule has 0 spiro atoms. The predicted molar refractivity (Wildman–Crippen MR) is 112 cm³/mol. The summed E-state index contributed by atoms with van der Waals surface area (Å²) >= 11 is 0. The maximum Gasteiger partial charge on any atom is 0.291 e. The smallest absolute Gasteiger partial charge is 0.291 e. The maximum absolute atomic E-state index is 12.8. The fourth-order valence-electron chi connectivity index (χ4n) is 3.26. The van der Waals surface area contributed by atoms with E-state index in [1.165, 1.54) is 0 Å². The molecular formula is C22H22N6O2. The number of nitrogens with one attached hydrogen (secondary N) is 3. The highest BCUT2D eigenvalue weighted by Gasteiger charge is 2.30. The molecule has 0 bridgehead atoms. The molecule has 1 aromatic carbocycles. The van der Waals surface area contributed by atoms with Gasteiger partial charge in [-0.2, -0.15) is 0 Å². The molecule has 152 valence electrons. The van der Waals surface area contributed by atoms with Crippen molar-refractivity contribution in [3.63, 3.8) is 0 Å². The van der Waals surface area contributed by atoms with E-state index in [0.29, 0.717) is 18.0 Å². The number of methoxy groups -OCH3 is 1. The van der Waals surface area contributed by atoms with Gasteiger partial charge >= 0.3 is 0 Å². The topological polar surface area (TPSA) is 105 Å². The number of hydrogen-bond acceptors (Lipinski definition) is 6. The molecule has 3 aromatic rings. The summed E-state index contributed by atoms with van der Waals surface area (Å²) in [7, 11) is 1.60. The molecule has 8 nitrogen and oxygen atoms in total. The number of nitrogens with zero attached hydrogens (tertiary/aromatic N) is 3. The van der Waals surface area contributed by atoms with Crippen LogP contribution in [0.4, 0.5) is 0 Å². The van der Waals surface area contributed by atoms with Gasteiger partial charge in [0.15, 0.2) is 0 Å². The van der Waals surface area contributed by atoms with Crippen molar-refractivity contribution < 1.29 is 9.53 Å². The molecular weight excluding hydrogens is 380 g/mol. The van der Waals surface area contributed by atoms with Crippen LogP contribution in [0.1, 0.15) is 34.5 Å². The highest BCUT2D eigenvalue weighted by Crippen LogP contribution is 2.28. The van der Waals surface area contributed by atoms with Crippen molar-refractivity contribution in [3.8, 4) is 0 Å². The summed E-state index contributed by atoms with van der Waals surface area (Å²) in [6.45, 7) is 1.86. The van der Waals surface area contributed by atoms with Crippen molar-refractivity contribution >= 4 is 11.5 Å². The Bertz CT molecular complexity index is 1090. The van der Waals surface area contributed by atoms with Gasteiger partial charge < -0.3 is 20.4 Å². The number of aromatic nitrogens is 4. The molecule has 1 unspecified atom stereocenters. The maximum atomic E-state index is 12.8. The third-order valence-electron chi connectivity index (χ3n) is 4.75. The summed E-state index contributed by atoms with van der Waals surface area (Å²) < 4.78 is 5.47. The van der Waals surface area contributed by atoms with Gasteiger partial charge in [-0.1, -0.05) is 30.3 Å². The fourth-order valence-corrected chi connectivity index (χ4v) is 3.26. The van der Waals surface area contributed by atoms with E-state index in [1.807, 2.05) is 55.5 Å². The first-order valence-electron chi connectivity index (χ1n) is 9.50. The minimum atomic E-state index is -0.843. The van der Waals surface area contributed by atoms with Gasteiger partial charge in [-0.15, -0.1) is 10.2 Å². The minimum absolute atomic E-state index is 0.157. The Kier molecular flexibility index (Phi) is 5.30. The summed E-state index contributed by atoms with van der Waals surface area (Å²) in [5.41, 5.74) is 2.03. The Balaban J connectivity index is 1.51. The molecule has 0 aliphatic carbocycles. The molecule has 8 heteroatoms. The van der Waals surface area contributed by atoms with E-state index in [9.17, 15) is 4.79 Å². The van der Waals surface area contributed by atoms with Gasteiger partial charge in [-0.05, 0) is 36.3 Å². The Morgan fingerprint density at radius 1 is 1.13 bits per heavy atom. The summed E-state index contributed by atoms with van der Waals surface area (Å²) in [5.74, 6) is 1.08. The second-order valence-corrected chi connectivity index (χ2v) is 7.09. The lowest BCUT2D eigenvalue weighted by Crippen LogP contribution is -2.55. The van der Waals surface area contributed by atoms with Crippen molar-refractivity contribution in [2.45, 2.75) is 19.0 Å². The third kappa shape index (κ3) is 4.22. The van der Waals surface area contributed by atoms with Gasteiger partial charge in [0.25, 0.3) is 5.91 Å². The van der Waals surface area contributed by atoms with E-state index >= 15 is 0 Å². The number of H-pyrrole nitrogens is 1. The lowest BCUT2D eigenvalue weighted by atomic mass is 9.97. The molecule has 4 rings (SSSR count). The van der Waals surface area contributed by atoms with E-state index in [0.717, 1.165) is 16.7 Å². The molecule has 2 aromatic heterocycles. The van der Waals surface area contributed by atoms with Crippen LogP contribution in [0.3, 0.4) is 0 Å². The molecule has 1 aliphatic heterocycles. The highest BCUT2D eigenvalue weighted by molar-refractivity contribution is 5.91. The second kappa shape index (κ2) is 8.20. The second-order valence-electron chi connectivity index (χ2n) is 7.09.